The summed E-state index contributed by atoms with van der Waals surface area (Å²) in [4.78, 5) is 4.31. The fourth-order valence-corrected chi connectivity index (χ4v) is 4.42. The van der Waals surface area contributed by atoms with Gasteiger partial charge in [0.15, 0.2) is 0 Å². The van der Waals surface area contributed by atoms with Gasteiger partial charge in [0, 0.05) is 27.9 Å². The molecule has 0 aliphatic heterocycles. The van der Waals surface area contributed by atoms with Crippen molar-refractivity contribution in [2.24, 2.45) is 0 Å². The predicted molar refractivity (Wildman–Crippen MR) is 107 cm³/mol. The highest BCUT2D eigenvalue weighted by molar-refractivity contribution is 7.92. The van der Waals surface area contributed by atoms with Crippen molar-refractivity contribution in [1.82, 2.24) is 15.2 Å². The van der Waals surface area contributed by atoms with Crippen molar-refractivity contribution < 1.29 is 8.42 Å². The molecular weight excluding hydrogens is 407 g/mol. The zero-order valence-electron chi connectivity index (χ0n) is 13.6. The van der Waals surface area contributed by atoms with Crippen LogP contribution in [0.1, 0.15) is 0 Å². The highest BCUT2D eigenvalue weighted by atomic mass is 35.5. The molecule has 2 heterocycles. The lowest BCUT2D eigenvalue weighted by atomic mass is 10.1. The molecule has 9 heteroatoms. The number of nitrogens with one attached hydrogen (secondary N) is 2. The molecule has 4 rings (SSSR count). The zero-order chi connectivity index (χ0) is 19.0. The molecule has 0 aliphatic rings. The highest BCUT2D eigenvalue weighted by Gasteiger charge is 2.18. The number of hydrogen-bond acceptors (Lipinski definition) is 4. The van der Waals surface area contributed by atoms with Crippen LogP contribution in [0.2, 0.25) is 10.0 Å². The van der Waals surface area contributed by atoms with Gasteiger partial charge in [0.25, 0.3) is 10.0 Å². The van der Waals surface area contributed by atoms with E-state index in [0.717, 1.165) is 22.2 Å². The van der Waals surface area contributed by atoms with E-state index in [9.17, 15) is 8.42 Å². The van der Waals surface area contributed by atoms with Crippen molar-refractivity contribution in [2.75, 3.05) is 4.72 Å². The van der Waals surface area contributed by atoms with E-state index >= 15 is 0 Å². The number of hydrogen-bond donors (Lipinski definition) is 2. The van der Waals surface area contributed by atoms with Crippen molar-refractivity contribution in [3.05, 3.63) is 71.0 Å². The van der Waals surface area contributed by atoms with Crippen molar-refractivity contribution in [3.63, 3.8) is 0 Å². The monoisotopic (exact) mass is 418 g/mol. The van der Waals surface area contributed by atoms with E-state index in [0.29, 0.717) is 5.69 Å². The second-order valence-electron chi connectivity index (χ2n) is 5.78. The van der Waals surface area contributed by atoms with E-state index in [-0.39, 0.29) is 14.9 Å². The molecule has 0 saturated heterocycles. The Bertz CT molecular complexity index is 1240. The number of aromatic nitrogens is 3. The summed E-state index contributed by atoms with van der Waals surface area (Å²) in [6.07, 6.45) is 3.43. The molecule has 2 aromatic carbocycles. The molecule has 4 aromatic rings. The average molecular weight is 419 g/mol. The molecule has 136 valence electrons. The van der Waals surface area contributed by atoms with E-state index in [1.54, 1.807) is 36.7 Å². The van der Waals surface area contributed by atoms with Crippen molar-refractivity contribution in [2.45, 2.75) is 4.90 Å². The maximum absolute atomic E-state index is 12.6. The fourth-order valence-electron chi connectivity index (χ4n) is 2.60. The van der Waals surface area contributed by atoms with Gasteiger partial charge in [-0.1, -0.05) is 35.3 Å². The highest BCUT2D eigenvalue weighted by Crippen LogP contribution is 2.28. The molecule has 2 aromatic heterocycles. The third-order valence-corrected chi connectivity index (χ3v) is 6.04. The summed E-state index contributed by atoms with van der Waals surface area (Å²) in [5, 5.41) is 8.17. The van der Waals surface area contributed by atoms with Crippen LogP contribution in [0, 0.1) is 0 Å². The van der Waals surface area contributed by atoms with Gasteiger partial charge in [-0.05, 0) is 36.4 Å². The SMILES string of the molecule is O=S(=O)(Nc1ccc(-c2cc3[nH]ncc3cn2)cc1)c1cc(Cl)ccc1Cl. The Morgan fingerprint density at radius 1 is 0.963 bits per heavy atom. The Labute approximate surface area is 165 Å². The maximum atomic E-state index is 12.6. The lowest BCUT2D eigenvalue weighted by molar-refractivity contribution is 0.601. The van der Waals surface area contributed by atoms with Crippen LogP contribution in [0.15, 0.2) is 65.8 Å². The second-order valence-corrected chi connectivity index (χ2v) is 8.28. The first kappa shape index (κ1) is 17.8. The molecule has 0 bridgehead atoms. The van der Waals surface area contributed by atoms with Crippen LogP contribution in [0.3, 0.4) is 0 Å². The first-order valence-electron chi connectivity index (χ1n) is 7.80. The van der Waals surface area contributed by atoms with Crippen LogP contribution in [-0.4, -0.2) is 23.6 Å². The molecule has 0 radical (unpaired) electrons. The Morgan fingerprint density at radius 3 is 2.52 bits per heavy atom. The van der Waals surface area contributed by atoms with Crippen LogP contribution < -0.4 is 4.72 Å². The summed E-state index contributed by atoms with van der Waals surface area (Å²) >= 11 is 11.9. The van der Waals surface area contributed by atoms with Gasteiger partial charge < -0.3 is 0 Å². The molecule has 2 N–H and O–H groups in total. The molecular formula is C18H12Cl2N4O2S. The minimum atomic E-state index is -3.86. The number of benzene rings is 2. The van der Waals surface area contributed by atoms with Gasteiger partial charge in [0.1, 0.15) is 4.90 Å². The molecule has 0 unspecified atom stereocenters. The molecule has 0 spiro atoms. The number of anilines is 1. The normalized spacial score (nSPS) is 11.6. The van der Waals surface area contributed by atoms with Gasteiger partial charge >= 0.3 is 0 Å². The Morgan fingerprint density at radius 2 is 1.74 bits per heavy atom. The number of rotatable bonds is 4. The standard InChI is InChI=1S/C18H12Cl2N4O2S/c19-13-3-6-15(20)18(7-13)27(25,26)24-14-4-1-11(2-5-14)16-8-17-12(9-21-16)10-22-23-17/h1-10,24H,(H,22,23). The fraction of sp³-hybridized carbons (Fsp3) is 0. The number of nitrogens with zero attached hydrogens (tertiary/aromatic N) is 2. The molecule has 0 amide bonds. The smallest absolute Gasteiger partial charge is 0.263 e. The topological polar surface area (TPSA) is 87.7 Å². The Hall–Kier alpha value is -2.61. The van der Waals surface area contributed by atoms with Crippen LogP contribution in [0.5, 0.6) is 0 Å². The van der Waals surface area contributed by atoms with E-state index in [2.05, 4.69) is 19.9 Å². The van der Waals surface area contributed by atoms with Gasteiger partial charge in [-0.3, -0.25) is 14.8 Å². The number of H-pyrrole nitrogens is 1. The van der Waals surface area contributed by atoms with Crippen LogP contribution in [0.25, 0.3) is 22.2 Å². The minimum absolute atomic E-state index is 0.0768. The molecule has 0 saturated carbocycles. The zero-order valence-corrected chi connectivity index (χ0v) is 16.0. The molecule has 27 heavy (non-hydrogen) atoms. The summed E-state index contributed by atoms with van der Waals surface area (Å²) in [5.41, 5.74) is 2.87. The summed E-state index contributed by atoms with van der Waals surface area (Å²) < 4.78 is 27.6. The third kappa shape index (κ3) is 3.62. The molecule has 0 aliphatic carbocycles. The van der Waals surface area contributed by atoms with Gasteiger partial charge in [-0.2, -0.15) is 5.10 Å². The number of fused-ring (bicyclic) bond motifs is 1. The summed E-state index contributed by atoms with van der Waals surface area (Å²) in [6.45, 7) is 0. The first-order valence-corrected chi connectivity index (χ1v) is 10.0. The second kappa shape index (κ2) is 6.84. The van der Waals surface area contributed by atoms with E-state index in [1.165, 1.54) is 18.2 Å². The third-order valence-electron chi connectivity index (χ3n) is 3.94. The summed E-state index contributed by atoms with van der Waals surface area (Å²) in [5.74, 6) is 0. The van der Waals surface area contributed by atoms with E-state index in [4.69, 9.17) is 23.2 Å². The number of halogens is 2. The Kier molecular flexibility index (Phi) is 4.51. The summed E-state index contributed by atoms with van der Waals surface area (Å²) in [7, 11) is -3.86. The van der Waals surface area contributed by atoms with Gasteiger partial charge in [-0.25, -0.2) is 8.42 Å². The Balaban J connectivity index is 1.61. The number of pyridine rings is 1. The van der Waals surface area contributed by atoms with E-state index in [1.807, 2.05) is 6.07 Å². The quantitative estimate of drug-likeness (QED) is 0.501. The van der Waals surface area contributed by atoms with Gasteiger partial charge in [-0.15, -0.1) is 0 Å². The van der Waals surface area contributed by atoms with Crippen molar-refractivity contribution >= 4 is 49.8 Å². The number of sulfonamides is 1. The van der Waals surface area contributed by atoms with Gasteiger partial charge in [0.05, 0.1) is 22.4 Å². The molecule has 6 nitrogen and oxygen atoms in total. The summed E-state index contributed by atoms with van der Waals surface area (Å²) in [6, 6.07) is 13.0. The average Bonchev–Trinajstić information content (AvgIpc) is 3.11. The minimum Gasteiger partial charge on any atom is -0.280 e. The van der Waals surface area contributed by atoms with Gasteiger partial charge in [0.2, 0.25) is 0 Å². The lowest BCUT2D eigenvalue weighted by Crippen LogP contribution is -2.13. The largest absolute Gasteiger partial charge is 0.280 e. The van der Waals surface area contributed by atoms with Crippen molar-refractivity contribution in [1.29, 1.82) is 0 Å². The molecule has 0 fully saturated rings. The van der Waals surface area contributed by atoms with Crippen LogP contribution in [-0.2, 0) is 10.0 Å². The number of aromatic amines is 1. The maximum Gasteiger partial charge on any atom is 0.263 e. The van der Waals surface area contributed by atoms with Crippen LogP contribution in [0.4, 0.5) is 5.69 Å². The lowest BCUT2D eigenvalue weighted by Gasteiger charge is -2.10. The predicted octanol–water partition coefficient (Wildman–Crippen LogP) is 4.73. The van der Waals surface area contributed by atoms with Crippen LogP contribution >= 0.6 is 23.2 Å². The first-order chi connectivity index (χ1) is 12.9. The van der Waals surface area contributed by atoms with E-state index < -0.39 is 10.0 Å². The molecule has 0 atom stereocenters. The van der Waals surface area contributed by atoms with Crippen molar-refractivity contribution in [3.8, 4) is 11.3 Å².